The van der Waals surface area contributed by atoms with E-state index in [-0.39, 0.29) is 5.82 Å². The standard InChI is InChI=1S/C18H11FN2O/c19-14-10-8-13(9-11-14)17-20-21-18(22-17)16-7-3-5-12-4-1-2-6-15(12)16/h1-11H. The monoisotopic (exact) mass is 290 g/mol. The first kappa shape index (κ1) is 12.7. The van der Waals surface area contributed by atoms with Crippen LogP contribution < -0.4 is 0 Å². The Labute approximate surface area is 126 Å². The van der Waals surface area contributed by atoms with Gasteiger partial charge < -0.3 is 4.42 Å². The SMILES string of the molecule is Fc1ccc(-c2nnc(-c3cccc4ccccc34)o2)cc1. The number of nitrogens with zero attached hydrogens (tertiary/aromatic N) is 2. The van der Waals surface area contributed by atoms with Crippen LogP contribution in [0.4, 0.5) is 4.39 Å². The molecule has 4 rings (SSSR count). The van der Waals surface area contributed by atoms with E-state index in [1.54, 1.807) is 12.1 Å². The van der Waals surface area contributed by atoms with Gasteiger partial charge >= 0.3 is 0 Å². The molecule has 0 unspecified atom stereocenters. The Morgan fingerprint density at radius 1 is 0.727 bits per heavy atom. The van der Waals surface area contributed by atoms with Gasteiger partial charge in [-0.1, -0.05) is 36.4 Å². The molecule has 4 aromatic rings. The van der Waals surface area contributed by atoms with Crippen LogP contribution in [0.15, 0.2) is 71.1 Å². The molecule has 22 heavy (non-hydrogen) atoms. The summed E-state index contributed by atoms with van der Waals surface area (Å²) in [5.74, 6) is 0.539. The van der Waals surface area contributed by atoms with Crippen LogP contribution in [0, 0.1) is 5.82 Å². The van der Waals surface area contributed by atoms with Crippen molar-refractivity contribution in [1.82, 2.24) is 10.2 Å². The van der Waals surface area contributed by atoms with E-state index in [2.05, 4.69) is 10.2 Å². The molecule has 0 saturated carbocycles. The molecule has 0 aliphatic heterocycles. The maximum atomic E-state index is 13.0. The van der Waals surface area contributed by atoms with Crippen LogP contribution >= 0.6 is 0 Å². The van der Waals surface area contributed by atoms with Crippen LogP contribution in [0.25, 0.3) is 33.7 Å². The summed E-state index contributed by atoms with van der Waals surface area (Å²) >= 11 is 0. The fourth-order valence-corrected chi connectivity index (χ4v) is 2.45. The fourth-order valence-electron chi connectivity index (χ4n) is 2.45. The lowest BCUT2D eigenvalue weighted by atomic mass is 10.0. The van der Waals surface area contributed by atoms with Crippen molar-refractivity contribution in [3.63, 3.8) is 0 Å². The Kier molecular flexibility index (Phi) is 2.93. The minimum absolute atomic E-state index is 0.294. The van der Waals surface area contributed by atoms with Gasteiger partial charge in [-0.05, 0) is 41.1 Å². The molecule has 3 nitrogen and oxygen atoms in total. The van der Waals surface area contributed by atoms with Crippen molar-refractivity contribution in [3.8, 4) is 22.9 Å². The highest BCUT2D eigenvalue weighted by molar-refractivity contribution is 5.94. The van der Waals surface area contributed by atoms with Crippen molar-refractivity contribution in [1.29, 1.82) is 0 Å². The van der Waals surface area contributed by atoms with Crippen LogP contribution in [0.2, 0.25) is 0 Å². The fraction of sp³-hybridized carbons (Fsp3) is 0. The van der Waals surface area contributed by atoms with E-state index in [0.717, 1.165) is 16.3 Å². The molecule has 0 spiro atoms. The third kappa shape index (κ3) is 2.15. The van der Waals surface area contributed by atoms with E-state index < -0.39 is 0 Å². The number of hydrogen-bond donors (Lipinski definition) is 0. The predicted octanol–water partition coefficient (Wildman–Crippen LogP) is 4.70. The van der Waals surface area contributed by atoms with Crippen molar-refractivity contribution in [2.45, 2.75) is 0 Å². The first-order valence-corrected chi connectivity index (χ1v) is 6.89. The van der Waals surface area contributed by atoms with Crippen molar-refractivity contribution in [3.05, 3.63) is 72.5 Å². The highest BCUT2D eigenvalue weighted by Crippen LogP contribution is 2.29. The molecule has 0 bridgehead atoms. The maximum Gasteiger partial charge on any atom is 0.248 e. The van der Waals surface area contributed by atoms with Crippen LogP contribution in [-0.2, 0) is 0 Å². The Morgan fingerprint density at radius 3 is 2.32 bits per heavy atom. The van der Waals surface area contributed by atoms with E-state index >= 15 is 0 Å². The van der Waals surface area contributed by atoms with Crippen LogP contribution in [0.3, 0.4) is 0 Å². The molecule has 0 aliphatic carbocycles. The molecule has 106 valence electrons. The normalized spacial score (nSPS) is 11.0. The Bertz CT molecular complexity index is 939. The first-order valence-electron chi connectivity index (χ1n) is 6.89. The van der Waals surface area contributed by atoms with Crippen molar-refractivity contribution < 1.29 is 8.81 Å². The van der Waals surface area contributed by atoms with E-state index in [1.165, 1.54) is 12.1 Å². The molecule has 0 aliphatic rings. The van der Waals surface area contributed by atoms with Gasteiger partial charge in [-0.15, -0.1) is 10.2 Å². The number of benzene rings is 3. The number of aromatic nitrogens is 2. The van der Waals surface area contributed by atoms with Gasteiger partial charge in [0.1, 0.15) is 5.82 Å². The molecule has 0 radical (unpaired) electrons. The largest absolute Gasteiger partial charge is 0.416 e. The zero-order valence-corrected chi connectivity index (χ0v) is 11.5. The average Bonchev–Trinajstić information content (AvgIpc) is 3.05. The molecule has 0 atom stereocenters. The van der Waals surface area contributed by atoms with Gasteiger partial charge in [-0.25, -0.2) is 4.39 Å². The van der Waals surface area contributed by atoms with Crippen LogP contribution in [-0.4, -0.2) is 10.2 Å². The summed E-state index contributed by atoms with van der Waals surface area (Å²) < 4.78 is 18.7. The lowest BCUT2D eigenvalue weighted by molar-refractivity contribution is 0.584. The highest BCUT2D eigenvalue weighted by Gasteiger charge is 2.12. The lowest BCUT2D eigenvalue weighted by Crippen LogP contribution is -1.81. The molecule has 4 heteroatoms. The summed E-state index contributed by atoms with van der Waals surface area (Å²) in [5.41, 5.74) is 1.58. The van der Waals surface area contributed by atoms with Gasteiger partial charge in [-0.3, -0.25) is 0 Å². The van der Waals surface area contributed by atoms with Gasteiger partial charge in [0.05, 0.1) is 0 Å². The average molecular weight is 290 g/mol. The molecular weight excluding hydrogens is 279 g/mol. The van der Waals surface area contributed by atoms with Crippen LogP contribution in [0.1, 0.15) is 0 Å². The Morgan fingerprint density at radius 2 is 1.45 bits per heavy atom. The zero-order valence-electron chi connectivity index (χ0n) is 11.5. The van der Waals surface area contributed by atoms with E-state index in [0.29, 0.717) is 17.3 Å². The Hall–Kier alpha value is -3.01. The van der Waals surface area contributed by atoms with Crippen molar-refractivity contribution in [2.75, 3.05) is 0 Å². The smallest absolute Gasteiger partial charge is 0.248 e. The predicted molar refractivity (Wildman–Crippen MR) is 82.6 cm³/mol. The second kappa shape index (κ2) is 5.07. The van der Waals surface area contributed by atoms with Crippen LogP contribution in [0.5, 0.6) is 0 Å². The third-order valence-corrected chi connectivity index (χ3v) is 3.54. The van der Waals surface area contributed by atoms with E-state index in [1.807, 2.05) is 42.5 Å². The molecule has 0 fully saturated rings. The summed E-state index contributed by atoms with van der Waals surface area (Å²) in [6.07, 6.45) is 0. The second-order valence-corrected chi connectivity index (χ2v) is 4.95. The summed E-state index contributed by atoms with van der Waals surface area (Å²) in [6, 6.07) is 20.0. The number of fused-ring (bicyclic) bond motifs is 1. The Balaban J connectivity index is 1.82. The van der Waals surface area contributed by atoms with Gasteiger partial charge in [0.25, 0.3) is 0 Å². The second-order valence-electron chi connectivity index (χ2n) is 4.95. The molecule has 0 saturated heterocycles. The topological polar surface area (TPSA) is 38.9 Å². The summed E-state index contributed by atoms with van der Waals surface area (Å²) in [6.45, 7) is 0. The number of hydrogen-bond acceptors (Lipinski definition) is 3. The minimum Gasteiger partial charge on any atom is -0.416 e. The van der Waals surface area contributed by atoms with Crippen molar-refractivity contribution >= 4 is 10.8 Å². The molecule has 3 aromatic carbocycles. The number of halogens is 1. The number of rotatable bonds is 2. The minimum atomic E-state index is -0.294. The molecule has 1 aromatic heterocycles. The van der Waals surface area contributed by atoms with E-state index in [4.69, 9.17) is 4.42 Å². The van der Waals surface area contributed by atoms with Gasteiger partial charge in [0.2, 0.25) is 11.8 Å². The van der Waals surface area contributed by atoms with Gasteiger partial charge in [0.15, 0.2) is 0 Å². The molecule has 0 amide bonds. The van der Waals surface area contributed by atoms with Crippen molar-refractivity contribution in [2.24, 2.45) is 0 Å². The van der Waals surface area contributed by atoms with Gasteiger partial charge in [0, 0.05) is 11.1 Å². The highest BCUT2D eigenvalue weighted by atomic mass is 19.1. The van der Waals surface area contributed by atoms with Gasteiger partial charge in [-0.2, -0.15) is 0 Å². The van der Waals surface area contributed by atoms with E-state index in [9.17, 15) is 4.39 Å². The molecule has 1 heterocycles. The summed E-state index contributed by atoms with van der Waals surface area (Å²) in [4.78, 5) is 0. The quantitative estimate of drug-likeness (QED) is 0.537. The zero-order chi connectivity index (χ0) is 14.9. The molecule has 0 N–H and O–H groups in total. The lowest BCUT2D eigenvalue weighted by Gasteiger charge is -2.01. The summed E-state index contributed by atoms with van der Waals surface area (Å²) in [7, 11) is 0. The molecular formula is C18H11FN2O. The third-order valence-electron chi connectivity index (χ3n) is 3.54. The summed E-state index contributed by atoms with van der Waals surface area (Å²) in [5, 5.41) is 10.4. The first-order chi connectivity index (χ1) is 10.8. The maximum absolute atomic E-state index is 13.0.